The van der Waals surface area contributed by atoms with Crippen LogP contribution in [0.5, 0.6) is 0 Å². The second-order valence-corrected chi connectivity index (χ2v) is 13.7. The highest BCUT2D eigenvalue weighted by molar-refractivity contribution is 5.68. The van der Waals surface area contributed by atoms with Gasteiger partial charge in [-0.2, -0.15) is 0 Å². The summed E-state index contributed by atoms with van der Waals surface area (Å²) < 4.78 is 0. The first kappa shape index (κ1) is 30.7. The van der Waals surface area contributed by atoms with Crippen LogP contribution in [0.2, 0.25) is 0 Å². The standard InChI is InChI=1S/C36H58/c1-11-13-15-17-19-27(3)29-21-31(25-33(23-29)35(5,6)7)32-22-30(24-34(26-32)36(8,9)10)28(4)20-18-16-14-12-2/h21-28H,11-20H2,1-10H3. The van der Waals surface area contributed by atoms with Crippen LogP contribution < -0.4 is 0 Å². The van der Waals surface area contributed by atoms with Crippen molar-refractivity contribution in [3.8, 4) is 11.1 Å². The summed E-state index contributed by atoms with van der Waals surface area (Å²) in [4.78, 5) is 0. The molecule has 0 heterocycles. The number of benzene rings is 2. The molecule has 0 N–H and O–H groups in total. The molecule has 0 fully saturated rings. The van der Waals surface area contributed by atoms with Gasteiger partial charge in [-0.15, -0.1) is 0 Å². The molecule has 2 unspecified atom stereocenters. The van der Waals surface area contributed by atoms with Crippen molar-refractivity contribution >= 4 is 0 Å². The molecule has 202 valence electrons. The Balaban J connectivity index is 2.50. The molecule has 0 aliphatic heterocycles. The van der Waals surface area contributed by atoms with Crippen LogP contribution in [0, 0.1) is 0 Å². The molecule has 2 aromatic carbocycles. The van der Waals surface area contributed by atoms with Gasteiger partial charge in [0.1, 0.15) is 0 Å². The molecule has 2 aromatic rings. The molecular weight excluding hydrogens is 432 g/mol. The van der Waals surface area contributed by atoms with Crippen LogP contribution in [0.4, 0.5) is 0 Å². The van der Waals surface area contributed by atoms with Gasteiger partial charge in [0.2, 0.25) is 0 Å². The Morgan fingerprint density at radius 1 is 0.500 bits per heavy atom. The second-order valence-electron chi connectivity index (χ2n) is 13.7. The van der Waals surface area contributed by atoms with Crippen molar-refractivity contribution in [1.29, 1.82) is 0 Å². The summed E-state index contributed by atoms with van der Waals surface area (Å²) in [7, 11) is 0. The van der Waals surface area contributed by atoms with Crippen molar-refractivity contribution in [1.82, 2.24) is 0 Å². The van der Waals surface area contributed by atoms with Crippen LogP contribution in [0.15, 0.2) is 36.4 Å². The van der Waals surface area contributed by atoms with Crippen LogP contribution in [0.25, 0.3) is 11.1 Å². The van der Waals surface area contributed by atoms with Gasteiger partial charge in [-0.05, 0) is 68.9 Å². The van der Waals surface area contributed by atoms with Gasteiger partial charge in [-0.1, -0.05) is 157 Å². The fourth-order valence-corrected chi connectivity index (χ4v) is 5.16. The van der Waals surface area contributed by atoms with Crippen molar-refractivity contribution < 1.29 is 0 Å². The molecule has 2 atom stereocenters. The molecule has 0 aromatic heterocycles. The lowest BCUT2D eigenvalue weighted by Gasteiger charge is -2.26. The van der Waals surface area contributed by atoms with E-state index in [4.69, 9.17) is 0 Å². The average molecular weight is 491 g/mol. The smallest absolute Gasteiger partial charge is 0.0132 e. The average Bonchev–Trinajstić information content (AvgIpc) is 2.82. The summed E-state index contributed by atoms with van der Waals surface area (Å²) >= 11 is 0. The van der Waals surface area contributed by atoms with Crippen LogP contribution in [-0.4, -0.2) is 0 Å². The predicted molar refractivity (Wildman–Crippen MR) is 164 cm³/mol. The lowest BCUT2D eigenvalue weighted by atomic mass is 9.79. The SMILES string of the molecule is CCCCCCC(C)c1cc(-c2cc(C(C)CCCCCC)cc(C(C)(C)C)c2)cc(C(C)(C)C)c1. The number of unbranched alkanes of at least 4 members (excludes halogenated alkanes) is 6. The monoisotopic (exact) mass is 490 g/mol. The van der Waals surface area contributed by atoms with E-state index >= 15 is 0 Å². The Bertz CT molecular complexity index is 841. The van der Waals surface area contributed by atoms with Gasteiger partial charge in [0.15, 0.2) is 0 Å². The van der Waals surface area contributed by atoms with Gasteiger partial charge >= 0.3 is 0 Å². The summed E-state index contributed by atoms with van der Waals surface area (Å²) in [6, 6.07) is 15.0. The molecule has 0 nitrogen and oxygen atoms in total. The minimum Gasteiger partial charge on any atom is -0.0654 e. The van der Waals surface area contributed by atoms with Crippen LogP contribution in [-0.2, 0) is 10.8 Å². The van der Waals surface area contributed by atoms with Gasteiger partial charge in [0, 0.05) is 0 Å². The zero-order chi connectivity index (χ0) is 26.9. The van der Waals surface area contributed by atoms with Gasteiger partial charge in [-0.25, -0.2) is 0 Å². The predicted octanol–water partition coefficient (Wildman–Crippen LogP) is 12.1. The maximum Gasteiger partial charge on any atom is -0.0132 e. The van der Waals surface area contributed by atoms with Crippen LogP contribution >= 0.6 is 0 Å². The lowest BCUT2D eigenvalue weighted by Crippen LogP contribution is -2.13. The largest absolute Gasteiger partial charge is 0.0654 e. The molecule has 0 radical (unpaired) electrons. The highest BCUT2D eigenvalue weighted by atomic mass is 14.3. The molecule has 0 saturated carbocycles. The zero-order valence-electron chi connectivity index (χ0n) is 25.7. The van der Waals surface area contributed by atoms with Crippen molar-refractivity contribution in [2.75, 3.05) is 0 Å². The van der Waals surface area contributed by atoms with Gasteiger partial charge in [0.25, 0.3) is 0 Å². The van der Waals surface area contributed by atoms with Crippen molar-refractivity contribution in [2.45, 2.75) is 156 Å². The van der Waals surface area contributed by atoms with Gasteiger partial charge in [-0.3, -0.25) is 0 Å². The second kappa shape index (κ2) is 13.8. The van der Waals surface area contributed by atoms with E-state index in [1.807, 2.05) is 0 Å². The highest BCUT2D eigenvalue weighted by Crippen LogP contribution is 2.37. The van der Waals surface area contributed by atoms with E-state index in [-0.39, 0.29) is 10.8 Å². The van der Waals surface area contributed by atoms with E-state index in [1.54, 1.807) is 0 Å². The fourth-order valence-electron chi connectivity index (χ4n) is 5.16. The molecule has 0 amide bonds. The van der Waals surface area contributed by atoms with Crippen LogP contribution in [0.3, 0.4) is 0 Å². The third-order valence-corrected chi connectivity index (χ3v) is 8.10. The molecular formula is C36H58. The summed E-state index contributed by atoms with van der Waals surface area (Å²) in [5.74, 6) is 1.20. The maximum absolute atomic E-state index is 2.51. The van der Waals surface area contributed by atoms with Crippen LogP contribution in [0.1, 0.15) is 168 Å². The first-order chi connectivity index (χ1) is 16.9. The Hall–Kier alpha value is -1.56. The topological polar surface area (TPSA) is 0 Å². The van der Waals surface area contributed by atoms with E-state index in [2.05, 4.69) is 106 Å². The molecule has 0 saturated heterocycles. The molecule has 0 aliphatic rings. The quantitative estimate of drug-likeness (QED) is 0.245. The third kappa shape index (κ3) is 9.39. The van der Waals surface area contributed by atoms with Gasteiger partial charge in [0.05, 0.1) is 0 Å². The summed E-state index contributed by atoms with van der Waals surface area (Å²) in [6.45, 7) is 23.6. The molecule has 0 bridgehead atoms. The zero-order valence-corrected chi connectivity index (χ0v) is 25.7. The third-order valence-electron chi connectivity index (χ3n) is 8.10. The molecule has 0 spiro atoms. The number of rotatable bonds is 13. The highest BCUT2D eigenvalue weighted by Gasteiger charge is 2.21. The van der Waals surface area contributed by atoms with Gasteiger partial charge < -0.3 is 0 Å². The van der Waals surface area contributed by atoms with E-state index in [9.17, 15) is 0 Å². The molecule has 0 aliphatic carbocycles. The molecule has 36 heavy (non-hydrogen) atoms. The summed E-state index contributed by atoms with van der Waals surface area (Å²) in [5, 5.41) is 0. The first-order valence-electron chi connectivity index (χ1n) is 15.2. The Morgan fingerprint density at radius 2 is 0.861 bits per heavy atom. The fraction of sp³-hybridized carbons (Fsp3) is 0.667. The van der Waals surface area contributed by atoms with E-state index in [0.717, 1.165) is 0 Å². The summed E-state index contributed by atoms with van der Waals surface area (Å²) in [5.41, 5.74) is 9.06. The lowest BCUT2D eigenvalue weighted by molar-refractivity contribution is 0.570. The summed E-state index contributed by atoms with van der Waals surface area (Å²) in [6.07, 6.45) is 13.3. The van der Waals surface area contributed by atoms with Crippen molar-refractivity contribution in [3.63, 3.8) is 0 Å². The Kier molecular flexibility index (Phi) is 11.8. The van der Waals surface area contributed by atoms with E-state index in [1.165, 1.54) is 97.6 Å². The Morgan fingerprint density at radius 3 is 1.17 bits per heavy atom. The minimum absolute atomic E-state index is 0.143. The first-order valence-corrected chi connectivity index (χ1v) is 15.2. The van der Waals surface area contributed by atoms with Crippen molar-refractivity contribution in [2.24, 2.45) is 0 Å². The maximum atomic E-state index is 2.51. The molecule has 0 heteroatoms. The normalized spacial score (nSPS) is 14.2. The minimum atomic E-state index is 0.143. The van der Waals surface area contributed by atoms with E-state index in [0.29, 0.717) is 11.8 Å². The Labute approximate surface area is 225 Å². The molecule has 2 rings (SSSR count). The number of hydrogen-bond acceptors (Lipinski definition) is 0. The van der Waals surface area contributed by atoms with Crippen molar-refractivity contribution in [3.05, 3.63) is 58.7 Å². The number of hydrogen-bond donors (Lipinski definition) is 0. The van der Waals surface area contributed by atoms with E-state index < -0.39 is 0 Å².